The molecule has 112 valence electrons. The Kier molecular flexibility index (Phi) is 9.21. The molecule has 0 saturated heterocycles. The third-order valence-corrected chi connectivity index (χ3v) is 3.12. The largest absolute Gasteiger partial charge is 0.465 e. The highest BCUT2D eigenvalue weighted by Gasteiger charge is 2.25. The Bertz CT molecular complexity index is 279. The number of hydrogen-bond donors (Lipinski definition) is 1. The summed E-state index contributed by atoms with van der Waals surface area (Å²) in [7, 11) is 3.43. The van der Waals surface area contributed by atoms with Gasteiger partial charge >= 0.3 is 5.97 Å². The van der Waals surface area contributed by atoms with Crippen LogP contribution in [-0.4, -0.2) is 49.2 Å². The van der Waals surface area contributed by atoms with Crippen molar-refractivity contribution in [3.63, 3.8) is 0 Å². The van der Waals surface area contributed by atoms with Gasteiger partial charge in [0.15, 0.2) is 0 Å². The molecule has 0 aromatic carbocycles. The first-order chi connectivity index (χ1) is 8.93. The van der Waals surface area contributed by atoms with E-state index in [9.17, 15) is 9.59 Å². The molecule has 0 saturated carbocycles. The summed E-state index contributed by atoms with van der Waals surface area (Å²) in [4.78, 5) is 25.2. The number of amides is 1. The first kappa shape index (κ1) is 17.9. The zero-order chi connectivity index (χ0) is 14.8. The number of esters is 1. The number of carbonyl (C=O) groups excluding carboxylic acids is 2. The molecule has 0 radical (unpaired) electrons. The molecule has 0 aliphatic carbocycles. The summed E-state index contributed by atoms with van der Waals surface area (Å²) in [6.07, 6.45) is 2.50. The highest BCUT2D eigenvalue weighted by molar-refractivity contribution is 5.79. The number of nitrogens with zero attached hydrogens (tertiary/aromatic N) is 1. The fourth-order valence-corrected chi connectivity index (χ4v) is 1.90. The molecule has 1 amide bonds. The molecule has 0 aromatic heterocycles. The molecule has 0 rings (SSSR count). The summed E-state index contributed by atoms with van der Waals surface area (Å²) in [6, 6.07) is 0. The van der Waals surface area contributed by atoms with E-state index in [4.69, 9.17) is 9.84 Å². The number of carbonyl (C=O) groups is 2. The summed E-state index contributed by atoms with van der Waals surface area (Å²) >= 11 is 0. The molecule has 0 aliphatic heterocycles. The predicted molar refractivity (Wildman–Crippen MR) is 73.5 cm³/mol. The van der Waals surface area contributed by atoms with Gasteiger partial charge in [0.05, 0.1) is 12.5 Å². The van der Waals surface area contributed by atoms with Gasteiger partial charge in [-0.2, -0.15) is 0 Å². The van der Waals surface area contributed by atoms with Crippen molar-refractivity contribution in [2.24, 2.45) is 11.8 Å². The van der Waals surface area contributed by atoms with Crippen molar-refractivity contribution in [3.8, 4) is 0 Å². The van der Waals surface area contributed by atoms with Crippen molar-refractivity contribution >= 4 is 11.9 Å². The van der Waals surface area contributed by atoms with Gasteiger partial charge in [-0.25, -0.2) is 0 Å². The predicted octanol–water partition coefficient (Wildman–Crippen LogP) is 1.44. The maximum absolute atomic E-state index is 11.9. The van der Waals surface area contributed by atoms with Crippen LogP contribution in [0.15, 0.2) is 0 Å². The van der Waals surface area contributed by atoms with E-state index in [1.165, 1.54) is 0 Å². The molecule has 2 atom stereocenters. The van der Waals surface area contributed by atoms with E-state index in [0.29, 0.717) is 32.3 Å². The molecule has 2 unspecified atom stereocenters. The van der Waals surface area contributed by atoms with Crippen molar-refractivity contribution < 1.29 is 19.4 Å². The minimum Gasteiger partial charge on any atom is -0.465 e. The average Bonchev–Trinajstić information content (AvgIpc) is 2.39. The molecule has 0 heterocycles. The van der Waals surface area contributed by atoms with Gasteiger partial charge in [-0.15, -0.1) is 0 Å². The molecular formula is C14H27NO4. The van der Waals surface area contributed by atoms with E-state index >= 15 is 0 Å². The van der Waals surface area contributed by atoms with Gasteiger partial charge < -0.3 is 14.7 Å². The zero-order valence-corrected chi connectivity index (χ0v) is 12.5. The standard InChI is InChI=1S/C14H27NO4/c1-5-12(10-11(2)13(17)15(3)4)14(18)19-9-7-6-8-16/h11-12,16H,5-10H2,1-4H3. The van der Waals surface area contributed by atoms with Gasteiger partial charge in [0.1, 0.15) is 0 Å². The van der Waals surface area contributed by atoms with Gasteiger partial charge in [0.25, 0.3) is 0 Å². The van der Waals surface area contributed by atoms with E-state index in [2.05, 4.69) is 0 Å². The fourth-order valence-electron chi connectivity index (χ4n) is 1.90. The van der Waals surface area contributed by atoms with Crippen molar-refractivity contribution in [2.75, 3.05) is 27.3 Å². The van der Waals surface area contributed by atoms with Crippen LogP contribution >= 0.6 is 0 Å². The van der Waals surface area contributed by atoms with E-state index < -0.39 is 0 Å². The average molecular weight is 273 g/mol. The van der Waals surface area contributed by atoms with E-state index in [1.807, 2.05) is 13.8 Å². The van der Waals surface area contributed by atoms with Crippen molar-refractivity contribution in [1.82, 2.24) is 4.90 Å². The molecule has 0 bridgehead atoms. The third-order valence-electron chi connectivity index (χ3n) is 3.12. The highest BCUT2D eigenvalue weighted by Crippen LogP contribution is 2.18. The number of ether oxygens (including phenoxy) is 1. The minimum absolute atomic E-state index is 0.0338. The molecule has 5 heteroatoms. The summed E-state index contributed by atoms with van der Waals surface area (Å²) in [5.74, 6) is -0.608. The lowest BCUT2D eigenvalue weighted by Gasteiger charge is -2.21. The normalized spacial score (nSPS) is 13.7. The Morgan fingerprint density at radius 3 is 2.37 bits per heavy atom. The van der Waals surface area contributed by atoms with E-state index in [1.54, 1.807) is 19.0 Å². The van der Waals surface area contributed by atoms with Crippen LogP contribution in [0, 0.1) is 11.8 Å². The second-order valence-electron chi connectivity index (χ2n) is 5.07. The Labute approximate surface area is 115 Å². The van der Waals surface area contributed by atoms with E-state index in [-0.39, 0.29) is 30.3 Å². The zero-order valence-electron chi connectivity index (χ0n) is 12.5. The Hall–Kier alpha value is -1.10. The topological polar surface area (TPSA) is 66.8 Å². The Morgan fingerprint density at radius 1 is 1.26 bits per heavy atom. The number of aliphatic hydroxyl groups is 1. The summed E-state index contributed by atoms with van der Waals surface area (Å²) < 4.78 is 5.16. The monoisotopic (exact) mass is 273 g/mol. The van der Waals surface area contributed by atoms with Crippen LogP contribution in [0.1, 0.15) is 39.5 Å². The van der Waals surface area contributed by atoms with Crippen LogP contribution in [0.25, 0.3) is 0 Å². The molecule has 5 nitrogen and oxygen atoms in total. The molecule has 0 spiro atoms. The maximum Gasteiger partial charge on any atom is 0.308 e. The lowest BCUT2D eigenvalue weighted by Crippen LogP contribution is -2.31. The highest BCUT2D eigenvalue weighted by atomic mass is 16.5. The third kappa shape index (κ3) is 7.15. The maximum atomic E-state index is 11.9. The lowest BCUT2D eigenvalue weighted by molar-refractivity contribution is -0.150. The number of aliphatic hydroxyl groups excluding tert-OH is 1. The second-order valence-corrected chi connectivity index (χ2v) is 5.07. The van der Waals surface area contributed by atoms with Crippen molar-refractivity contribution in [3.05, 3.63) is 0 Å². The second kappa shape index (κ2) is 9.78. The van der Waals surface area contributed by atoms with Crippen LogP contribution < -0.4 is 0 Å². The fraction of sp³-hybridized carbons (Fsp3) is 0.857. The van der Waals surface area contributed by atoms with Crippen LogP contribution in [0.3, 0.4) is 0 Å². The first-order valence-corrected chi connectivity index (χ1v) is 6.92. The molecular weight excluding hydrogens is 246 g/mol. The van der Waals surface area contributed by atoms with Crippen LogP contribution in [0.4, 0.5) is 0 Å². The summed E-state index contributed by atoms with van der Waals surface area (Å²) in [6.45, 7) is 4.21. The molecule has 1 N–H and O–H groups in total. The quantitative estimate of drug-likeness (QED) is 0.510. The Balaban J connectivity index is 4.18. The minimum atomic E-state index is -0.237. The number of unbranched alkanes of at least 4 members (excludes halogenated alkanes) is 1. The van der Waals surface area contributed by atoms with Crippen molar-refractivity contribution in [1.29, 1.82) is 0 Å². The van der Waals surface area contributed by atoms with Gasteiger partial charge in [0, 0.05) is 26.6 Å². The number of rotatable bonds is 9. The van der Waals surface area contributed by atoms with Crippen LogP contribution in [0.2, 0.25) is 0 Å². The Morgan fingerprint density at radius 2 is 1.89 bits per heavy atom. The SMILES string of the molecule is CCC(CC(C)C(=O)N(C)C)C(=O)OCCCCO. The van der Waals surface area contributed by atoms with Crippen LogP contribution in [0.5, 0.6) is 0 Å². The molecule has 0 aromatic rings. The van der Waals surface area contributed by atoms with E-state index in [0.717, 1.165) is 0 Å². The lowest BCUT2D eigenvalue weighted by atomic mass is 9.93. The van der Waals surface area contributed by atoms with Gasteiger partial charge in [-0.05, 0) is 25.7 Å². The van der Waals surface area contributed by atoms with Crippen molar-refractivity contribution in [2.45, 2.75) is 39.5 Å². The first-order valence-electron chi connectivity index (χ1n) is 6.92. The molecule has 19 heavy (non-hydrogen) atoms. The van der Waals surface area contributed by atoms with Gasteiger partial charge in [-0.3, -0.25) is 9.59 Å². The smallest absolute Gasteiger partial charge is 0.308 e. The van der Waals surface area contributed by atoms with Gasteiger partial charge in [0.2, 0.25) is 5.91 Å². The summed E-state index contributed by atoms with van der Waals surface area (Å²) in [5, 5.41) is 8.64. The van der Waals surface area contributed by atoms with Crippen LogP contribution in [-0.2, 0) is 14.3 Å². The molecule has 0 fully saturated rings. The number of hydrogen-bond acceptors (Lipinski definition) is 4. The summed E-state index contributed by atoms with van der Waals surface area (Å²) in [5.41, 5.74) is 0. The van der Waals surface area contributed by atoms with Gasteiger partial charge in [-0.1, -0.05) is 13.8 Å². The molecule has 0 aliphatic rings.